The quantitative estimate of drug-likeness (QED) is 0.895. The molecule has 7 heteroatoms. The van der Waals surface area contributed by atoms with Gasteiger partial charge in [-0.2, -0.15) is 11.3 Å². The summed E-state index contributed by atoms with van der Waals surface area (Å²) in [4.78, 5) is 14.2. The fourth-order valence-corrected chi connectivity index (χ4v) is 4.85. The first-order chi connectivity index (χ1) is 9.42. The first-order valence-corrected chi connectivity index (χ1v) is 9.53. The number of nitrogens with one attached hydrogen (secondary N) is 1. The molecule has 20 heavy (non-hydrogen) atoms. The Balaban J connectivity index is 1.68. The molecule has 1 aliphatic heterocycles. The summed E-state index contributed by atoms with van der Waals surface area (Å²) in [6.45, 7) is 0.773. The Hall–Kier alpha value is -0.920. The molecule has 1 saturated carbocycles. The third-order valence-corrected chi connectivity index (χ3v) is 5.57. The molecule has 1 aliphatic carbocycles. The van der Waals surface area contributed by atoms with Crippen LogP contribution in [-0.4, -0.2) is 44.1 Å². The van der Waals surface area contributed by atoms with Gasteiger partial charge in [-0.05, 0) is 41.1 Å². The topological polar surface area (TPSA) is 66.5 Å². The number of nitrogens with zero attached hydrogens (tertiary/aromatic N) is 1. The maximum atomic E-state index is 12.4. The van der Waals surface area contributed by atoms with Crippen LogP contribution >= 0.6 is 11.3 Å². The van der Waals surface area contributed by atoms with Crippen LogP contribution in [0.5, 0.6) is 0 Å². The van der Waals surface area contributed by atoms with E-state index in [1.165, 1.54) is 6.26 Å². The van der Waals surface area contributed by atoms with E-state index in [1.807, 2.05) is 21.7 Å². The van der Waals surface area contributed by atoms with E-state index in [-0.39, 0.29) is 18.0 Å². The van der Waals surface area contributed by atoms with Crippen molar-refractivity contribution in [2.75, 3.05) is 12.8 Å². The van der Waals surface area contributed by atoms with Gasteiger partial charge in [0.1, 0.15) is 0 Å². The first-order valence-electron chi connectivity index (χ1n) is 6.70. The van der Waals surface area contributed by atoms with Crippen molar-refractivity contribution in [3.8, 4) is 0 Å². The van der Waals surface area contributed by atoms with Crippen molar-refractivity contribution in [2.45, 2.75) is 31.3 Å². The second-order valence-corrected chi connectivity index (χ2v) is 8.32. The largest absolute Gasteiger partial charge is 0.338 e. The molecule has 2 fully saturated rings. The van der Waals surface area contributed by atoms with Gasteiger partial charge < -0.3 is 4.90 Å². The Morgan fingerprint density at radius 1 is 1.50 bits per heavy atom. The number of carbonyl (C=O) groups is 1. The van der Waals surface area contributed by atoms with E-state index in [1.54, 1.807) is 11.3 Å². The smallest absolute Gasteiger partial charge is 0.227 e. The molecule has 1 aromatic heterocycles. The van der Waals surface area contributed by atoms with Crippen molar-refractivity contribution in [1.82, 2.24) is 9.62 Å². The lowest BCUT2D eigenvalue weighted by Crippen LogP contribution is -2.52. The first kappa shape index (κ1) is 14.0. The van der Waals surface area contributed by atoms with Crippen LogP contribution in [0.3, 0.4) is 0 Å². The predicted octanol–water partition coefficient (Wildman–Crippen LogP) is 0.829. The highest BCUT2D eigenvalue weighted by molar-refractivity contribution is 7.88. The second-order valence-electron chi connectivity index (χ2n) is 5.76. The van der Waals surface area contributed by atoms with Gasteiger partial charge in [-0.1, -0.05) is 0 Å². The average molecular weight is 314 g/mol. The van der Waals surface area contributed by atoms with Crippen LogP contribution in [0.4, 0.5) is 0 Å². The number of likely N-dealkylation sites (tertiary alicyclic amines) is 1. The van der Waals surface area contributed by atoms with Gasteiger partial charge in [0.25, 0.3) is 0 Å². The maximum absolute atomic E-state index is 12.4. The number of fused-ring (bicyclic) bond motifs is 2. The van der Waals surface area contributed by atoms with Crippen LogP contribution in [0.25, 0.3) is 0 Å². The van der Waals surface area contributed by atoms with E-state index in [0.717, 1.165) is 24.9 Å². The zero-order chi connectivity index (χ0) is 14.3. The Kier molecular flexibility index (Phi) is 3.60. The van der Waals surface area contributed by atoms with Crippen molar-refractivity contribution in [2.24, 2.45) is 5.92 Å². The van der Waals surface area contributed by atoms with E-state index >= 15 is 0 Å². The number of piperidine rings is 1. The highest BCUT2D eigenvalue weighted by atomic mass is 32.2. The van der Waals surface area contributed by atoms with E-state index < -0.39 is 10.0 Å². The zero-order valence-electron chi connectivity index (χ0n) is 11.3. The molecule has 2 bridgehead atoms. The summed E-state index contributed by atoms with van der Waals surface area (Å²) in [5, 5.41) is 3.95. The summed E-state index contributed by atoms with van der Waals surface area (Å²) in [7, 11) is -3.22. The number of hydrogen-bond donors (Lipinski definition) is 1. The van der Waals surface area contributed by atoms with Crippen LogP contribution in [0.1, 0.15) is 18.4 Å². The number of amides is 1. The molecule has 1 N–H and O–H groups in total. The fourth-order valence-electron chi connectivity index (χ4n) is 3.38. The fraction of sp³-hybridized carbons (Fsp3) is 0.615. The molecule has 1 amide bonds. The maximum Gasteiger partial charge on any atom is 0.227 e. The van der Waals surface area contributed by atoms with Gasteiger partial charge in [0.05, 0.1) is 12.7 Å². The normalized spacial score (nSPS) is 29.1. The Bertz CT molecular complexity index is 597. The molecule has 110 valence electrons. The molecule has 2 aliphatic rings. The molecule has 3 atom stereocenters. The van der Waals surface area contributed by atoms with Gasteiger partial charge in [0.15, 0.2) is 0 Å². The van der Waals surface area contributed by atoms with E-state index in [4.69, 9.17) is 0 Å². The molecule has 5 nitrogen and oxygen atoms in total. The predicted molar refractivity (Wildman–Crippen MR) is 78.0 cm³/mol. The van der Waals surface area contributed by atoms with Crippen molar-refractivity contribution in [1.29, 1.82) is 0 Å². The third kappa shape index (κ3) is 2.89. The van der Waals surface area contributed by atoms with Crippen molar-refractivity contribution in [3.63, 3.8) is 0 Å². The van der Waals surface area contributed by atoms with Gasteiger partial charge in [0, 0.05) is 18.6 Å². The minimum Gasteiger partial charge on any atom is -0.338 e. The highest BCUT2D eigenvalue weighted by Crippen LogP contribution is 2.38. The molecule has 1 aromatic rings. The third-order valence-electron chi connectivity index (χ3n) is 4.10. The minimum absolute atomic E-state index is 0.0286. The lowest BCUT2D eigenvalue weighted by Gasteiger charge is -2.33. The van der Waals surface area contributed by atoms with E-state index in [2.05, 4.69) is 4.72 Å². The number of rotatable bonds is 4. The SMILES string of the molecule is CS(=O)(=O)NC1CC2CC1N(C(=O)Cc1ccsc1)C2. The summed E-state index contributed by atoms with van der Waals surface area (Å²) in [6.07, 6.45) is 3.36. The minimum atomic E-state index is -3.22. The Morgan fingerprint density at radius 3 is 2.90 bits per heavy atom. The Morgan fingerprint density at radius 2 is 2.30 bits per heavy atom. The lowest BCUT2D eigenvalue weighted by atomic mass is 10.1. The molecule has 3 rings (SSSR count). The van der Waals surface area contributed by atoms with Crippen LogP contribution < -0.4 is 4.72 Å². The highest BCUT2D eigenvalue weighted by Gasteiger charge is 2.47. The van der Waals surface area contributed by atoms with Crippen molar-refractivity contribution in [3.05, 3.63) is 22.4 Å². The lowest BCUT2D eigenvalue weighted by molar-refractivity contribution is -0.132. The summed E-state index contributed by atoms with van der Waals surface area (Å²) >= 11 is 1.59. The summed E-state index contributed by atoms with van der Waals surface area (Å²) in [6, 6.07) is 1.87. The zero-order valence-corrected chi connectivity index (χ0v) is 12.9. The van der Waals surface area contributed by atoms with E-state index in [9.17, 15) is 13.2 Å². The number of carbonyl (C=O) groups excluding carboxylic acids is 1. The number of thiophene rings is 1. The Labute approximate surface area is 123 Å². The number of hydrogen-bond acceptors (Lipinski definition) is 4. The molecule has 0 radical (unpaired) electrons. The van der Waals surface area contributed by atoms with Gasteiger partial charge >= 0.3 is 0 Å². The van der Waals surface area contributed by atoms with Crippen LogP contribution in [0.15, 0.2) is 16.8 Å². The van der Waals surface area contributed by atoms with Gasteiger partial charge in [-0.3, -0.25) is 4.79 Å². The molecule has 0 aromatic carbocycles. The van der Waals surface area contributed by atoms with Crippen LogP contribution in [0.2, 0.25) is 0 Å². The molecule has 2 heterocycles. The molecular formula is C13H18N2O3S2. The monoisotopic (exact) mass is 314 g/mol. The molecular weight excluding hydrogens is 296 g/mol. The van der Waals surface area contributed by atoms with Crippen molar-refractivity contribution >= 4 is 27.3 Å². The molecule has 1 saturated heterocycles. The van der Waals surface area contributed by atoms with Crippen molar-refractivity contribution < 1.29 is 13.2 Å². The van der Waals surface area contributed by atoms with Gasteiger partial charge in [-0.15, -0.1) is 0 Å². The molecule has 0 spiro atoms. The van der Waals surface area contributed by atoms with Gasteiger partial charge in [0.2, 0.25) is 15.9 Å². The average Bonchev–Trinajstić information content (AvgIpc) is 3.01. The van der Waals surface area contributed by atoms with Crippen LogP contribution in [0, 0.1) is 5.92 Å². The molecule has 3 unspecified atom stereocenters. The summed E-state index contributed by atoms with van der Waals surface area (Å²) < 4.78 is 25.4. The summed E-state index contributed by atoms with van der Waals surface area (Å²) in [5.74, 6) is 0.543. The standard InChI is InChI=1S/C13H18N2O3S2/c1-20(17,18)14-11-4-10-5-12(11)15(7-10)13(16)6-9-2-3-19-8-9/h2-3,8,10-12,14H,4-7H2,1H3. The second kappa shape index (κ2) is 5.13. The van der Waals surface area contributed by atoms with Crippen LogP contribution in [-0.2, 0) is 21.2 Å². The number of sulfonamides is 1. The van der Waals surface area contributed by atoms with E-state index in [0.29, 0.717) is 12.3 Å². The van der Waals surface area contributed by atoms with Gasteiger partial charge in [-0.25, -0.2) is 13.1 Å². The summed E-state index contributed by atoms with van der Waals surface area (Å²) in [5.41, 5.74) is 1.04.